The van der Waals surface area contributed by atoms with Crippen molar-refractivity contribution in [3.63, 3.8) is 0 Å². The maximum atomic E-state index is 10.7. The lowest BCUT2D eigenvalue weighted by Crippen LogP contribution is -2.01. The van der Waals surface area contributed by atoms with Crippen molar-refractivity contribution in [1.82, 2.24) is 0 Å². The van der Waals surface area contributed by atoms with Crippen LogP contribution in [0.4, 0.5) is 0 Å². The molecular formula is C17H18O3. The van der Waals surface area contributed by atoms with Crippen LogP contribution in [0.3, 0.4) is 0 Å². The molecule has 3 heteroatoms. The lowest BCUT2D eigenvalue weighted by atomic mass is 9.89. The topological polar surface area (TPSA) is 57.5 Å². The highest BCUT2D eigenvalue weighted by molar-refractivity contribution is 5.69. The van der Waals surface area contributed by atoms with Gasteiger partial charge in [0.2, 0.25) is 0 Å². The van der Waals surface area contributed by atoms with Crippen LogP contribution in [0.25, 0.3) is 11.1 Å². The Morgan fingerprint density at radius 3 is 2.40 bits per heavy atom. The van der Waals surface area contributed by atoms with Crippen LogP contribution >= 0.6 is 0 Å². The van der Waals surface area contributed by atoms with Gasteiger partial charge in [0, 0.05) is 6.42 Å². The molecule has 0 fully saturated rings. The number of aliphatic carboxylic acids is 1. The molecule has 0 spiro atoms. The Bertz CT molecular complexity index is 587. The number of carboxylic acid groups (broad SMARTS) is 1. The van der Waals surface area contributed by atoms with Crippen LogP contribution < -0.4 is 0 Å². The molecule has 0 aliphatic carbocycles. The summed E-state index contributed by atoms with van der Waals surface area (Å²) in [5, 5.41) is 18.2. The molecule has 1 unspecified atom stereocenters. The monoisotopic (exact) mass is 270 g/mol. The molecule has 0 heterocycles. The number of hydrogen-bond donors (Lipinski definition) is 2. The van der Waals surface area contributed by atoms with Crippen LogP contribution in [0, 0.1) is 0 Å². The highest BCUT2D eigenvalue weighted by Crippen LogP contribution is 2.32. The summed E-state index contributed by atoms with van der Waals surface area (Å²) in [4.78, 5) is 10.7. The van der Waals surface area contributed by atoms with E-state index >= 15 is 0 Å². The Balaban J connectivity index is 2.30. The first kappa shape index (κ1) is 14.1. The Morgan fingerprint density at radius 1 is 1.10 bits per heavy atom. The van der Waals surface area contributed by atoms with Gasteiger partial charge in [-0.3, -0.25) is 4.79 Å². The van der Waals surface area contributed by atoms with E-state index in [0.29, 0.717) is 6.42 Å². The second-order valence-corrected chi connectivity index (χ2v) is 4.97. The molecule has 2 aromatic rings. The van der Waals surface area contributed by atoms with Crippen LogP contribution in [-0.2, 0) is 4.79 Å². The Kier molecular flexibility index (Phi) is 4.41. The second kappa shape index (κ2) is 6.24. The molecule has 0 bridgehead atoms. The fraction of sp³-hybridized carbons (Fsp3) is 0.235. The maximum absolute atomic E-state index is 10.7. The highest BCUT2D eigenvalue weighted by Gasteiger charge is 2.13. The highest BCUT2D eigenvalue weighted by atomic mass is 16.4. The first-order chi connectivity index (χ1) is 9.58. The summed E-state index contributed by atoms with van der Waals surface area (Å²) in [6, 6.07) is 15.1. The molecule has 0 aromatic heterocycles. The minimum absolute atomic E-state index is 0.172. The molecule has 0 amide bonds. The van der Waals surface area contributed by atoms with Crippen LogP contribution in [0.5, 0.6) is 5.75 Å². The van der Waals surface area contributed by atoms with Gasteiger partial charge in [0.05, 0.1) is 0 Å². The predicted octanol–water partition coefficient (Wildman–Crippen LogP) is 4.03. The van der Waals surface area contributed by atoms with Gasteiger partial charge in [0.25, 0.3) is 0 Å². The SMILES string of the molecule is CC(CCC(=O)O)c1ccccc1-c1ccc(O)cc1. The molecule has 104 valence electrons. The van der Waals surface area contributed by atoms with Gasteiger partial charge in [-0.1, -0.05) is 43.3 Å². The van der Waals surface area contributed by atoms with E-state index in [1.54, 1.807) is 12.1 Å². The van der Waals surface area contributed by atoms with E-state index in [-0.39, 0.29) is 18.1 Å². The van der Waals surface area contributed by atoms with Crippen molar-refractivity contribution in [3.05, 3.63) is 54.1 Å². The van der Waals surface area contributed by atoms with E-state index < -0.39 is 5.97 Å². The molecule has 2 N–H and O–H groups in total. The summed E-state index contributed by atoms with van der Waals surface area (Å²) in [6.45, 7) is 2.04. The number of rotatable bonds is 5. The van der Waals surface area contributed by atoms with E-state index in [4.69, 9.17) is 5.11 Å². The van der Waals surface area contributed by atoms with Crippen molar-refractivity contribution in [1.29, 1.82) is 0 Å². The molecule has 2 rings (SSSR count). The number of hydrogen-bond acceptors (Lipinski definition) is 2. The van der Waals surface area contributed by atoms with E-state index in [1.807, 2.05) is 43.3 Å². The third kappa shape index (κ3) is 3.38. The van der Waals surface area contributed by atoms with Crippen molar-refractivity contribution in [2.45, 2.75) is 25.7 Å². The van der Waals surface area contributed by atoms with Gasteiger partial charge in [-0.25, -0.2) is 0 Å². The first-order valence-corrected chi connectivity index (χ1v) is 6.68. The predicted molar refractivity (Wildman–Crippen MR) is 78.8 cm³/mol. The van der Waals surface area contributed by atoms with Crippen LogP contribution in [0.15, 0.2) is 48.5 Å². The average Bonchev–Trinajstić information content (AvgIpc) is 2.45. The molecule has 0 saturated carbocycles. The summed E-state index contributed by atoms with van der Waals surface area (Å²) in [7, 11) is 0. The minimum atomic E-state index is -0.765. The molecular weight excluding hydrogens is 252 g/mol. The van der Waals surface area contributed by atoms with Gasteiger partial charge in [0.1, 0.15) is 5.75 Å². The van der Waals surface area contributed by atoms with Crippen LogP contribution in [-0.4, -0.2) is 16.2 Å². The lowest BCUT2D eigenvalue weighted by molar-refractivity contribution is -0.137. The molecule has 3 nitrogen and oxygen atoms in total. The van der Waals surface area contributed by atoms with Gasteiger partial charge >= 0.3 is 5.97 Å². The van der Waals surface area contributed by atoms with Crippen molar-refractivity contribution >= 4 is 5.97 Å². The Hall–Kier alpha value is -2.29. The van der Waals surface area contributed by atoms with E-state index in [2.05, 4.69) is 0 Å². The third-order valence-corrected chi connectivity index (χ3v) is 3.46. The van der Waals surface area contributed by atoms with Crippen LogP contribution in [0.2, 0.25) is 0 Å². The van der Waals surface area contributed by atoms with Crippen molar-refractivity contribution < 1.29 is 15.0 Å². The molecule has 1 atom stereocenters. The minimum Gasteiger partial charge on any atom is -0.508 e. The number of benzene rings is 2. The normalized spacial score (nSPS) is 12.1. The zero-order valence-corrected chi connectivity index (χ0v) is 11.4. The third-order valence-electron chi connectivity index (χ3n) is 3.46. The molecule has 20 heavy (non-hydrogen) atoms. The van der Waals surface area contributed by atoms with Crippen molar-refractivity contribution in [3.8, 4) is 16.9 Å². The van der Waals surface area contributed by atoms with Crippen LogP contribution in [0.1, 0.15) is 31.2 Å². The number of aromatic hydroxyl groups is 1. The number of carbonyl (C=O) groups is 1. The summed E-state index contributed by atoms with van der Waals surface area (Å²) in [5.41, 5.74) is 3.26. The Labute approximate surface area is 118 Å². The number of phenols is 1. The Morgan fingerprint density at radius 2 is 1.75 bits per heavy atom. The standard InChI is InChI=1S/C17H18O3/c1-12(6-11-17(19)20)15-4-2-3-5-16(15)13-7-9-14(18)10-8-13/h2-5,7-10,12,18H,6,11H2,1H3,(H,19,20). The largest absolute Gasteiger partial charge is 0.508 e. The van der Waals surface area contributed by atoms with E-state index in [9.17, 15) is 9.90 Å². The summed E-state index contributed by atoms with van der Waals surface area (Å²) in [5.74, 6) is -0.347. The second-order valence-electron chi connectivity index (χ2n) is 4.97. The maximum Gasteiger partial charge on any atom is 0.303 e. The fourth-order valence-corrected chi connectivity index (χ4v) is 2.33. The van der Waals surface area contributed by atoms with Gasteiger partial charge in [-0.2, -0.15) is 0 Å². The molecule has 0 radical (unpaired) electrons. The van der Waals surface area contributed by atoms with Crippen molar-refractivity contribution in [2.75, 3.05) is 0 Å². The molecule has 0 aliphatic heterocycles. The smallest absolute Gasteiger partial charge is 0.303 e. The number of carboxylic acids is 1. The summed E-state index contributed by atoms with van der Waals surface area (Å²) >= 11 is 0. The average molecular weight is 270 g/mol. The molecule has 0 saturated heterocycles. The number of phenolic OH excluding ortho intramolecular Hbond substituents is 1. The fourth-order valence-electron chi connectivity index (χ4n) is 2.33. The van der Waals surface area contributed by atoms with Gasteiger partial charge < -0.3 is 10.2 Å². The van der Waals surface area contributed by atoms with Gasteiger partial charge in [0.15, 0.2) is 0 Å². The molecule has 2 aromatic carbocycles. The lowest BCUT2D eigenvalue weighted by Gasteiger charge is -2.16. The van der Waals surface area contributed by atoms with Gasteiger partial charge in [-0.05, 0) is 41.2 Å². The molecule has 0 aliphatic rings. The van der Waals surface area contributed by atoms with Crippen molar-refractivity contribution in [2.24, 2.45) is 0 Å². The van der Waals surface area contributed by atoms with E-state index in [0.717, 1.165) is 16.7 Å². The summed E-state index contributed by atoms with van der Waals surface area (Å²) < 4.78 is 0. The van der Waals surface area contributed by atoms with Gasteiger partial charge in [-0.15, -0.1) is 0 Å². The first-order valence-electron chi connectivity index (χ1n) is 6.68. The zero-order chi connectivity index (χ0) is 14.5. The zero-order valence-electron chi connectivity index (χ0n) is 11.4. The quantitative estimate of drug-likeness (QED) is 0.862. The van der Waals surface area contributed by atoms with E-state index in [1.165, 1.54) is 0 Å². The summed E-state index contributed by atoms with van der Waals surface area (Å²) in [6.07, 6.45) is 0.787.